The van der Waals surface area contributed by atoms with Crippen molar-refractivity contribution in [3.8, 4) is 5.13 Å². The summed E-state index contributed by atoms with van der Waals surface area (Å²) >= 11 is 7.40. The molecule has 1 fully saturated rings. The summed E-state index contributed by atoms with van der Waals surface area (Å²) in [6.07, 6.45) is 3.93. The van der Waals surface area contributed by atoms with Gasteiger partial charge in [0.05, 0.1) is 17.8 Å². The van der Waals surface area contributed by atoms with Gasteiger partial charge in [-0.05, 0) is 68.9 Å². The molecule has 1 amide bonds. The Hall–Kier alpha value is -3.56. The summed E-state index contributed by atoms with van der Waals surface area (Å²) in [5, 5.41) is 10.0. The fourth-order valence-corrected chi connectivity index (χ4v) is 5.86. The molecule has 2 atom stereocenters. The molecule has 5 rings (SSSR count). The molecule has 2 N–H and O–H groups in total. The van der Waals surface area contributed by atoms with E-state index >= 15 is 0 Å². The number of hydrogen-bond acceptors (Lipinski definition) is 5. The number of pyridine rings is 1. The standard InChI is InChI=1S/C27H28N6OS2/c1-17-7-9-20(10-8-17)30-23(34)11-14-32-25(24(31-26(32)35)22-6-4-5-12-28-22)21-16-18(2)33(19(21)3)27-29-13-15-36-27/h4-10,12-13,15-16,24-25H,11,14H2,1-3H3,(H,30,34)(H,31,35)/t24-,25-/m0/s1. The lowest BCUT2D eigenvalue weighted by Crippen LogP contribution is -2.32. The molecule has 4 aromatic rings. The van der Waals surface area contributed by atoms with Crippen molar-refractivity contribution in [3.63, 3.8) is 0 Å². The number of thiocarbonyl (C=S) groups is 1. The van der Waals surface area contributed by atoms with Crippen LogP contribution in [0.25, 0.3) is 5.13 Å². The number of nitrogens with zero attached hydrogens (tertiary/aromatic N) is 4. The van der Waals surface area contributed by atoms with E-state index in [1.807, 2.05) is 61.0 Å². The molecule has 0 saturated carbocycles. The van der Waals surface area contributed by atoms with Gasteiger partial charge in [-0.1, -0.05) is 23.8 Å². The van der Waals surface area contributed by atoms with Crippen molar-refractivity contribution in [2.45, 2.75) is 39.3 Å². The summed E-state index contributed by atoms with van der Waals surface area (Å²) in [4.78, 5) is 24.1. The maximum Gasteiger partial charge on any atom is 0.226 e. The van der Waals surface area contributed by atoms with Crippen LogP contribution in [-0.2, 0) is 4.79 Å². The lowest BCUT2D eigenvalue weighted by Gasteiger charge is -2.28. The van der Waals surface area contributed by atoms with Crippen molar-refractivity contribution in [2.24, 2.45) is 0 Å². The molecule has 9 heteroatoms. The third kappa shape index (κ3) is 4.76. The number of carbonyl (C=O) groups excluding carboxylic acids is 1. The summed E-state index contributed by atoms with van der Waals surface area (Å²) in [5.74, 6) is -0.0463. The van der Waals surface area contributed by atoms with Gasteiger partial charge in [0.2, 0.25) is 5.91 Å². The SMILES string of the molecule is Cc1ccc(NC(=O)CCN2C(=S)N[C@@H](c3ccccn3)[C@@H]2c2cc(C)n(-c3nccs3)c2C)cc1. The Morgan fingerprint density at radius 3 is 2.61 bits per heavy atom. The number of anilines is 1. The van der Waals surface area contributed by atoms with Crippen molar-refractivity contribution >= 4 is 40.3 Å². The molecule has 0 bridgehead atoms. The minimum Gasteiger partial charge on any atom is -0.352 e. The fourth-order valence-electron chi connectivity index (χ4n) is 4.77. The Balaban J connectivity index is 1.44. The van der Waals surface area contributed by atoms with Gasteiger partial charge in [-0.2, -0.15) is 0 Å². The van der Waals surface area contributed by atoms with Crippen LogP contribution in [0.3, 0.4) is 0 Å². The van der Waals surface area contributed by atoms with Crippen LogP contribution in [0.4, 0.5) is 5.69 Å². The average molecular weight is 517 g/mol. The lowest BCUT2D eigenvalue weighted by molar-refractivity contribution is -0.116. The van der Waals surface area contributed by atoms with Crippen molar-refractivity contribution in [3.05, 3.63) is 94.5 Å². The average Bonchev–Trinajstić information content (AvgIpc) is 3.58. The summed E-state index contributed by atoms with van der Waals surface area (Å²) in [6.45, 7) is 6.71. The first-order valence-corrected chi connectivity index (χ1v) is 13.1. The van der Waals surface area contributed by atoms with E-state index in [1.54, 1.807) is 17.5 Å². The molecule has 0 radical (unpaired) electrons. The van der Waals surface area contributed by atoms with Crippen LogP contribution < -0.4 is 10.6 Å². The van der Waals surface area contributed by atoms with E-state index < -0.39 is 0 Å². The molecule has 0 spiro atoms. The van der Waals surface area contributed by atoms with Gasteiger partial charge in [-0.3, -0.25) is 14.3 Å². The van der Waals surface area contributed by atoms with E-state index in [0.29, 0.717) is 18.1 Å². The first kappa shape index (κ1) is 24.1. The first-order chi connectivity index (χ1) is 17.4. The maximum absolute atomic E-state index is 12.8. The molecule has 0 aliphatic carbocycles. The van der Waals surface area contributed by atoms with Crippen molar-refractivity contribution in [2.75, 3.05) is 11.9 Å². The van der Waals surface area contributed by atoms with E-state index in [1.165, 1.54) is 0 Å². The number of rotatable bonds is 7. The van der Waals surface area contributed by atoms with E-state index in [4.69, 9.17) is 12.2 Å². The second kappa shape index (κ2) is 10.2. The normalized spacial score (nSPS) is 17.3. The van der Waals surface area contributed by atoms with Gasteiger partial charge >= 0.3 is 0 Å². The van der Waals surface area contributed by atoms with Crippen molar-refractivity contribution in [1.82, 2.24) is 24.8 Å². The number of aryl methyl sites for hydroxylation is 2. The predicted octanol–water partition coefficient (Wildman–Crippen LogP) is 5.26. The van der Waals surface area contributed by atoms with Crippen LogP contribution >= 0.6 is 23.6 Å². The smallest absolute Gasteiger partial charge is 0.226 e. The molecule has 1 aliphatic rings. The molecule has 1 aliphatic heterocycles. The first-order valence-electron chi connectivity index (χ1n) is 11.9. The third-order valence-corrected chi connectivity index (χ3v) is 7.62. The van der Waals surface area contributed by atoms with Gasteiger partial charge in [-0.25, -0.2) is 4.98 Å². The number of amides is 1. The highest BCUT2D eigenvalue weighted by Crippen LogP contribution is 2.41. The molecule has 0 unspecified atom stereocenters. The summed E-state index contributed by atoms with van der Waals surface area (Å²) in [7, 11) is 0. The number of hydrogen-bond donors (Lipinski definition) is 2. The predicted molar refractivity (Wildman–Crippen MR) is 147 cm³/mol. The van der Waals surface area contributed by atoms with E-state index in [2.05, 4.69) is 50.0 Å². The summed E-state index contributed by atoms with van der Waals surface area (Å²) < 4.78 is 2.18. The lowest BCUT2D eigenvalue weighted by atomic mass is 9.96. The quantitative estimate of drug-likeness (QED) is 0.327. The Labute approximate surface area is 220 Å². The van der Waals surface area contributed by atoms with Gasteiger partial charge in [0.15, 0.2) is 10.2 Å². The van der Waals surface area contributed by atoms with Gasteiger partial charge in [-0.15, -0.1) is 11.3 Å². The molecular weight excluding hydrogens is 488 g/mol. The highest BCUT2D eigenvalue weighted by molar-refractivity contribution is 7.80. The minimum absolute atomic E-state index is 0.0463. The second-order valence-electron chi connectivity index (χ2n) is 8.96. The maximum atomic E-state index is 12.8. The molecule has 1 aromatic carbocycles. The Morgan fingerprint density at radius 1 is 1.11 bits per heavy atom. The van der Waals surface area contributed by atoms with Crippen LogP contribution in [0, 0.1) is 20.8 Å². The van der Waals surface area contributed by atoms with Crippen LogP contribution in [0.2, 0.25) is 0 Å². The Kier molecular flexibility index (Phi) is 6.84. The summed E-state index contributed by atoms with van der Waals surface area (Å²) in [5.41, 5.74) is 6.21. The number of carbonyl (C=O) groups is 1. The number of aromatic nitrogens is 3. The van der Waals surface area contributed by atoms with Crippen molar-refractivity contribution in [1.29, 1.82) is 0 Å². The van der Waals surface area contributed by atoms with Crippen molar-refractivity contribution < 1.29 is 4.79 Å². The zero-order valence-electron chi connectivity index (χ0n) is 20.4. The summed E-state index contributed by atoms with van der Waals surface area (Å²) in [6, 6.07) is 15.7. The monoisotopic (exact) mass is 516 g/mol. The minimum atomic E-state index is -0.135. The molecule has 4 heterocycles. The number of benzene rings is 1. The van der Waals surface area contributed by atoms with Gasteiger partial charge in [0.25, 0.3) is 0 Å². The molecule has 184 valence electrons. The topological polar surface area (TPSA) is 75.1 Å². The zero-order chi connectivity index (χ0) is 25.2. The fraction of sp³-hybridized carbons (Fsp3) is 0.259. The van der Waals surface area contributed by atoms with E-state index in [9.17, 15) is 4.79 Å². The Bertz CT molecular complexity index is 1370. The third-order valence-electron chi connectivity index (χ3n) is 6.51. The second-order valence-corrected chi connectivity index (χ2v) is 10.2. The van der Waals surface area contributed by atoms with E-state index in [-0.39, 0.29) is 18.0 Å². The van der Waals surface area contributed by atoms with Crippen LogP contribution in [0.1, 0.15) is 46.7 Å². The number of thiazole rings is 1. The molecule has 1 saturated heterocycles. The molecule has 3 aromatic heterocycles. The van der Waals surface area contributed by atoms with Crippen LogP contribution in [0.5, 0.6) is 0 Å². The number of nitrogens with one attached hydrogen (secondary N) is 2. The van der Waals surface area contributed by atoms with Gasteiger partial charge in [0.1, 0.15) is 0 Å². The van der Waals surface area contributed by atoms with Gasteiger partial charge < -0.3 is 15.5 Å². The molecular formula is C27H28N6OS2. The highest BCUT2D eigenvalue weighted by Gasteiger charge is 2.41. The highest BCUT2D eigenvalue weighted by atomic mass is 32.1. The Morgan fingerprint density at radius 2 is 1.92 bits per heavy atom. The molecule has 7 nitrogen and oxygen atoms in total. The molecule has 36 heavy (non-hydrogen) atoms. The zero-order valence-corrected chi connectivity index (χ0v) is 22.1. The van der Waals surface area contributed by atoms with E-state index in [0.717, 1.165) is 39.0 Å². The van der Waals surface area contributed by atoms with Crippen LogP contribution in [0.15, 0.2) is 66.3 Å². The van der Waals surface area contributed by atoms with Gasteiger partial charge in [0, 0.05) is 47.8 Å². The van der Waals surface area contributed by atoms with Crippen LogP contribution in [-0.4, -0.2) is 37.0 Å². The largest absolute Gasteiger partial charge is 0.352 e.